The van der Waals surface area contributed by atoms with E-state index in [9.17, 15) is 8.42 Å². The Kier molecular flexibility index (Phi) is 2.99. The quantitative estimate of drug-likeness (QED) is 0.783. The average molecular weight is 255 g/mol. The molecular weight excluding hydrogens is 242 g/mol. The smallest absolute Gasteiger partial charge is 0.210 e. The minimum absolute atomic E-state index is 0.136. The first-order chi connectivity index (χ1) is 7.96. The summed E-state index contributed by atoms with van der Waals surface area (Å²) in [6, 6.07) is 1.87. The van der Waals surface area contributed by atoms with Crippen LogP contribution in [0.4, 0.5) is 5.82 Å². The summed E-state index contributed by atoms with van der Waals surface area (Å²) in [5.41, 5.74) is 1.67. The fraction of sp³-hybridized carbons (Fsp3) is 0.333. The van der Waals surface area contributed by atoms with E-state index in [0.717, 1.165) is 11.2 Å². The van der Waals surface area contributed by atoms with Crippen molar-refractivity contribution >= 4 is 21.4 Å². The Hall–Kier alpha value is -1.67. The maximum Gasteiger partial charge on any atom is 0.210 e. The Balaban J connectivity index is 2.18. The van der Waals surface area contributed by atoms with Gasteiger partial charge in [0.15, 0.2) is 5.82 Å². The summed E-state index contributed by atoms with van der Waals surface area (Å²) >= 11 is 0. The number of anilines is 1. The lowest BCUT2D eigenvalue weighted by atomic mass is 10.4. The van der Waals surface area contributed by atoms with Gasteiger partial charge in [-0.3, -0.25) is 0 Å². The van der Waals surface area contributed by atoms with Crippen LogP contribution in [0.25, 0.3) is 5.52 Å². The van der Waals surface area contributed by atoms with Gasteiger partial charge in [0.25, 0.3) is 0 Å². The zero-order chi connectivity index (χ0) is 12.5. The van der Waals surface area contributed by atoms with E-state index in [4.69, 9.17) is 5.14 Å². The third-order valence-electron chi connectivity index (χ3n) is 2.19. The molecule has 0 aliphatic carbocycles. The second-order valence-corrected chi connectivity index (χ2v) is 5.42. The van der Waals surface area contributed by atoms with Crippen molar-refractivity contribution in [2.75, 3.05) is 17.6 Å². The van der Waals surface area contributed by atoms with Gasteiger partial charge in [-0.2, -0.15) is 5.10 Å². The number of nitrogens with one attached hydrogen (secondary N) is 1. The zero-order valence-electron chi connectivity index (χ0n) is 9.29. The maximum atomic E-state index is 10.8. The molecule has 2 rings (SSSR count). The molecule has 0 fully saturated rings. The van der Waals surface area contributed by atoms with Gasteiger partial charge in [-0.25, -0.2) is 23.1 Å². The summed E-state index contributed by atoms with van der Waals surface area (Å²) in [7, 11) is -3.46. The van der Waals surface area contributed by atoms with Crippen LogP contribution in [0.1, 0.15) is 5.69 Å². The molecule has 0 amide bonds. The van der Waals surface area contributed by atoms with E-state index in [1.165, 1.54) is 0 Å². The molecule has 0 saturated carbocycles. The number of aryl methyl sites for hydroxylation is 1. The molecule has 2 aromatic rings. The number of primary sulfonamides is 1. The number of sulfonamides is 1. The number of hydrogen-bond acceptors (Lipinski definition) is 5. The molecule has 0 spiro atoms. The van der Waals surface area contributed by atoms with Crippen molar-refractivity contribution in [1.29, 1.82) is 0 Å². The summed E-state index contributed by atoms with van der Waals surface area (Å²) in [5.74, 6) is 0.458. The van der Waals surface area contributed by atoms with Gasteiger partial charge >= 0.3 is 0 Å². The molecule has 7 nitrogen and oxygen atoms in total. The number of fused-ring (bicyclic) bond motifs is 1. The lowest BCUT2D eigenvalue weighted by Crippen LogP contribution is -2.22. The summed E-state index contributed by atoms with van der Waals surface area (Å²) < 4.78 is 23.3. The Bertz CT molecular complexity index is 634. The second-order valence-electron chi connectivity index (χ2n) is 3.69. The van der Waals surface area contributed by atoms with Gasteiger partial charge in [0.1, 0.15) is 5.52 Å². The van der Waals surface area contributed by atoms with E-state index in [-0.39, 0.29) is 12.3 Å². The topological polar surface area (TPSA) is 102 Å². The van der Waals surface area contributed by atoms with E-state index in [1.807, 2.05) is 13.0 Å². The second kappa shape index (κ2) is 4.30. The highest BCUT2D eigenvalue weighted by Gasteiger charge is 2.06. The van der Waals surface area contributed by atoms with E-state index < -0.39 is 10.0 Å². The molecule has 0 atom stereocenters. The van der Waals surface area contributed by atoms with Crippen LogP contribution in [0, 0.1) is 6.92 Å². The van der Waals surface area contributed by atoms with Gasteiger partial charge in [0.2, 0.25) is 10.0 Å². The third kappa shape index (κ3) is 2.92. The van der Waals surface area contributed by atoms with E-state index in [2.05, 4.69) is 15.4 Å². The van der Waals surface area contributed by atoms with Crippen LogP contribution in [-0.4, -0.2) is 35.3 Å². The van der Waals surface area contributed by atoms with Crippen LogP contribution in [0.3, 0.4) is 0 Å². The van der Waals surface area contributed by atoms with Crippen molar-refractivity contribution in [3.63, 3.8) is 0 Å². The normalized spacial score (nSPS) is 11.9. The number of nitrogens with zero attached hydrogens (tertiary/aromatic N) is 3. The Morgan fingerprint density at radius 3 is 3.00 bits per heavy atom. The molecule has 0 unspecified atom stereocenters. The van der Waals surface area contributed by atoms with Crippen LogP contribution >= 0.6 is 0 Å². The minimum atomic E-state index is -3.46. The fourth-order valence-corrected chi connectivity index (χ4v) is 1.88. The largest absolute Gasteiger partial charge is 0.367 e. The number of hydrogen-bond donors (Lipinski definition) is 2. The van der Waals surface area contributed by atoms with Crippen molar-refractivity contribution in [1.82, 2.24) is 14.6 Å². The highest BCUT2D eigenvalue weighted by molar-refractivity contribution is 7.89. The maximum absolute atomic E-state index is 10.8. The molecule has 0 radical (unpaired) electrons. The Morgan fingerprint density at radius 2 is 2.29 bits per heavy atom. The molecule has 2 heterocycles. The lowest BCUT2D eigenvalue weighted by Gasteiger charge is -2.05. The van der Waals surface area contributed by atoms with Crippen LogP contribution in [-0.2, 0) is 10.0 Å². The van der Waals surface area contributed by atoms with Crippen molar-refractivity contribution in [2.24, 2.45) is 5.14 Å². The summed E-state index contributed by atoms with van der Waals surface area (Å²) in [4.78, 5) is 4.13. The molecule has 3 N–H and O–H groups in total. The van der Waals surface area contributed by atoms with E-state index in [1.54, 1.807) is 16.9 Å². The molecule has 2 aromatic heterocycles. The van der Waals surface area contributed by atoms with Crippen molar-refractivity contribution in [2.45, 2.75) is 6.92 Å². The van der Waals surface area contributed by atoms with Gasteiger partial charge in [-0.1, -0.05) is 0 Å². The molecule has 0 aliphatic rings. The van der Waals surface area contributed by atoms with Gasteiger partial charge in [0.05, 0.1) is 11.4 Å². The third-order valence-corrected chi connectivity index (χ3v) is 2.96. The van der Waals surface area contributed by atoms with Gasteiger partial charge in [-0.15, -0.1) is 0 Å². The average Bonchev–Trinajstić information content (AvgIpc) is 2.57. The first-order valence-corrected chi connectivity index (χ1v) is 6.72. The number of nitrogens with two attached hydrogens (primary N) is 1. The number of aromatic nitrogens is 3. The summed E-state index contributed by atoms with van der Waals surface area (Å²) in [6.07, 6.45) is 3.33. The first kappa shape index (κ1) is 11.8. The molecule has 17 heavy (non-hydrogen) atoms. The fourth-order valence-electron chi connectivity index (χ4n) is 1.49. The minimum Gasteiger partial charge on any atom is -0.367 e. The molecule has 92 valence electrons. The molecule has 0 aromatic carbocycles. The number of rotatable bonds is 4. The summed E-state index contributed by atoms with van der Waals surface area (Å²) in [6.45, 7) is 2.09. The molecular formula is C9H13N5O2S. The van der Waals surface area contributed by atoms with Crippen molar-refractivity contribution < 1.29 is 8.42 Å². The standard InChI is InChI=1S/C9H13N5O2S/c1-7-6-8-9(11-2-4-14(8)13-7)12-3-5-17(10,15)16/h2,4,6H,3,5H2,1H3,(H,11,12)(H2,10,15,16). The van der Waals surface area contributed by atoms with E-state index in [0.29, 0.717) is 5.82 Å². The predicted molar refractivity (Wildman–Crippen MR) is 64.2 cm³/mol. The van der Waals surface area contributed by atoms with Crippen LogP contribution < -0.4 is 10.5 Å². The Labute approximate surface area is 98.7 Å². The van der Waals surface area contributed by atoms with Crippen LogP contribution in [0.5, 0.6) is 0 Å². The summed E-state index contributed by atoms with van der Waals surface area (Å²) in [5, 5.41) is 12.1. The molecule has 0 saturated heterocycles. The highest BCUT2D eigenvalue weighted by Crippen LogP contribution is 2.13. The lowest BCUT2D eigenvalue weighted by molar-refractivity contribution is 0.598. The van der Waals surface area contributed by atoms with Crippen molar-refractivity contribution in [3.8, 4) is 0 Å². The first-order valence-electron chi connectivity index (χ1n) is 5.01. The van der Waals surface area contributed by atoms with E-state index >= 15 is 0 Å². The Morgan fingerprint density at radius 1 is 1.53 bits per heavy atom. The van der Waals surface area contributed by atoms with Gasteiger partial charge in [-0.05, 0) is 13.0 Å². The van der Waals surface area contributed by atoms with Crippen molar-refractivity contribution in [3.05, 3.63) is 24.2 Å². The van der Waals surface area contributed by atoms with Gasteiger partial charge < -0.3 is 5.32 Å². The molecule has 0 aliphatic heterocycles. The molecule has 8 heteroatoms. The monoisotopic (exact) mass is 255 g/mol. The SMILES string of the molecule is Cc1cc2c(NCCS(N)(=O)=O)nccn2n1. The highest BCUT2D eigenvalue weighted by atomic mass is 32.2. The van der Waals surface area contributed by atoms with Crippen LogP contribution in [0.15, 0.2) is 18.5 Å². The van der Waals surface area contributed by atoms with Gasteiger partial charge in [0, 0.05) is 18.9 Å². The molecule has 0 bridgehead atoms. The zero-order valence-corrected chi connectivity index (χ0v) is 10.1. The predicted octanol–water partition coefficient (Wildman–Crippen LogP) is -0.262. The van der Waals surface area contributed by atoms with Crippen LogP contribution in [0.2, 0.25) is 0 Å².